The number of carbonyl (C=O) groups is 2. The molecule has 0 aliphatic rings. The predicted octanol–water partition coefficient (Wildman–Crippen LogP) is -0.793. The molecule has 0 amide bonds. The zero-order valence-corrected chi connectivity index (χ0v) is 5.46. The van der Waals surface area contributed by atoms with Gasteiger partial charge in [-0.25, -0.2) is 0 Å². The third-order valence-electron chi connectivity index (χ3n) is 1.38. The lowest BCUT2D eigenvalue weighted by molar-refractivity contribution is -0.312. The largest absolute Gasteiger partial charge is 0.550 e. The number of carboxylic acids is 1. The van der Waals surface area contributed by atoms with Gasteiger partial charge in [0.05, 0.1) is 0 Å². The molecule has 0 saturated heterocycles. The molecule has 0 fully saturated rings. The quantitative estimate of drug-likeness (QED) is 0.469. The smallest absolute Gasteiger partial charge is 0.123 e. The van der Waals surface area contributed by atoms with Crippen molar-refractivity contribution in [1.82, 2.24) is 0 Å². The molecule has 52 valence electrons. The third kappa shape index (κ3) is 2.26. The van der Waals surface area contributed by atoms with E-state index in [2.05, 4.69) is 0 Å². The summed E-state index contributed by atoms with van der Waals surface area (Å²) >= 11 is 0. The van der Waals surface area contributed by atoms with Crippen LogP contribution >= 0.6 is 0 Å². The van der Waals surface area contributed by atoms with Crippen LogP contribution in [0.3, 0.4) is 0 Å². The second kappa shape index (κ2) is 3.22. The third-order valence-corrected chi connectivity index (χ3v) is 1.38. The normalized spacial score (nSPS) is 16.2. The van der Waals surface area contributed by atoms with E-state index in [4.69, 9.17) is 0 Å². The van der Waals surface area contributed by atoms with E-state index in [0.29, 0.717) is 6.29 Å². The Labute approximate surface area is 53.7 Å². The van der Waals surface area contributed by atoms with Crippen molar-refractivity contribution >= 4 is 12.3 Å². The highest BCUT2D eigenvalue weighted by Gasteiger charge is 2.10. The lowest BCUT2D eigenvalue weighted by Gasteiger charge is -2.14. The van der Waals surface area contributed by atoms with Gasteiger partial charge in [-0.15, -0.1) is 0 Å². The van der Waals surface area contributed by atoms with Crippen molar-refractivity contribution in [3.63, 3.8) is 0 Å². The van der Waals surface area contributed by atoms with E-state index in [-0.39, 0.29) is 0 Å². The highest BCUT2D eigenvalue weighted by molar-refractivity contribution is 5.72. The average Bonchev–Trinajstić information content (AvgIpc) is 1.84. The number of aldehydes is 1. The molecule has 0 bridgehead atoms. The fourth-order valence-electron chi connectivity index (χ4n) is 0.333. The number of hydrogen-bond acceptors (Lipinski definition) is 3. The first-order valence-corrected chi connectivity index (χ1v) is 2.75. The van der Waals surface area contributed by atoms with Gasteiger partial charge in [-0.3, -0.25) is 0 Å². The molecule has 3 heteroatoms. The number of rotatable bonds is 3. The van der Waals surface area contributed by atoms with Crippen LogP contribution in [0, 0.1) is 11.8 Å². The van der Waals surface area contributed by atoms with E-state index in [1.807, 2.05) is 0 Å². The first-order valence-electron chi connectivity index (χ1n) is 2.75. The van der Waals surface area contributed by atoms with Gasteiger partial charge in [0.2, 0.25) is 0 Å². The van der Waals surface area contributed by atoms with Crippen LogP contribution in [0.15, 0.2) is 0 Å². The summed E-state index contributed by atoms with van der Waals surface area (Å²) in [6, 6.07) is 0. The van der Waals surface area contributed by atoms with Gasteiger partial charge in [-0.05, 0) is 0 Å². The van der Waals surface area contributed by atoms with Gasteiger partial charge in [-0.1, -0.05) is 13.8 Å². The van der Waals surface area contributed by atoms with Crippen LogP contribution in [0.25, 0.3) is 0 Å². The summed E-state index contributed by atoms with van der Waals surface area (Å²) in [6.07, 6.45) is 0.612. The van der Waals surface area contributed by atoms with Crippen LogP contribution in [-0.4, -0.2) is 12.3 Å². The van der Waals surface area contributed by atoms with Crippen LogP contribution in [0.4, 0.5) is 0 Å². The zero-order chi connectivity index (χ0) is 7.44. The first-order chi connectivity index (χ1) is 4.09. The molecule has 0 heterocycles. The van der Waals surface area contributed by atoms with E-state index in [0.717, 1.165) is 0 Å². The molecule has 0 aliphatic heterocycles. The Kier molecular flexibility index (Phi) is 2.91. The van der Waals surface area contributed by atoms with Gasteiger partial charge in [0.25, 0.3) is 0 Å². The number of carbonyl (C=O) groups excluding carboxylic acids is 2. The van der Waals surface area contributed by atoms with Crippen molar-refractivity contribution in [2.75, 3.05) is 0 Å². The Balaban J connectivity index is 3.86. The highest BCUT2D eigenvalue weighted by atomic mass is 16.4. The topological polar surface area (TPSA) is 57.2 Å². The Morgan fingerprint density at radius 3 is 2.11 bits per heavy atom. The average molecular weight is 129 g/mol. The molecule has 0 aromatic carbocycles. The predicted molar refractivity (Wildman–Crippen MR) is 29.4 cm³/mol. The lowest BCUT2D eigenvalue weighted by Crippen LogP contribution is -2.33. The number of carboxylic acid groups (broad SMARTS) is 1. The lowest BCUT2D eigenvalue weighted by atomic mass is 9.98. The molecule has 0 spiro atoms. The zero-order valence-electron chi connectivity index (χ0n) is 5.46. The van der Waals surface area contributed by atoms with Crippen molar-refractivity contribution in [2.45, 2.75) is 13.8 Å². The van der Waals surface area contributed by atoms with Crippen molar-refractivity contribution in [2.24, 2.45) is 11.8 Å². The SMILES string of the molecule is CC(C=O)C(C)C(=O)[O-]. The highest BCUT2D eigenvalue weighted by Crippen LogP contribution is 2.05. The standard InChI is InChI=1S/C6H10O3/c1-4(3-7)5(2)6(8)9/h3-5H,1-2H3,(H,8,9)/p-1. The molecule has 2 unspecified atom stereocenters. The van der Waals surface area contributed by atoms with E-state index in [1.54, 1.807) is 6.92 Å². The summed E-state index contributed by atoms with van der Waals surface area (Å²) in [5.74, 6) is -2.30. The Hall–Kier alpha value is -0.860. The molecular weight excluding hydrogens is 120 g/mol. The van der Waals surface area contributed by atoms with Gasteiger partial charge in [0.15, 0.2) is 0 Å². The van der Waals surface area contributed by atoms with Crippen LogP contribution < -0.4 is 5.11 Å². The fraction of sp³-hybridized carbons (Fsp3) is 0.667. The van der Waals surface area contributed by atoms with Gasteiger partial charge < -0.3 is 14.7 Å². The van der Waals surface area contributed by atoms with Crippen LogP contribution in [0.2, 0.25) is 0 Å². The van der Waals surface area contributed by atoms with E-state index >= 15 is 0 Å². The molecule has 3 nitrogen and oxygen atoms in total. The van der Waals surface area contributed by atoms with Gasteiger partial charge in [-0.2, -0.15) is 0 Å². The minimum atomic E-state index is -1.17. The Morgan fingerprint density at radius 2 is 2.00 bits per heavy atom. The van der Waals surface area contributed by atoms with Gasteiger partial charge in [0, 0.05) is 17.8 Å². The Bertz CT molecular complexity index is 119. The van der Waals surface area contributed by atoms with Crippen LogP contribution in [0.1, 0.15) is 13.8 Å². The van der Waals surface area contributed by atoms with Gasteiger partial charge >= 0.3 is 0 Å². The molecule has 0 radical (unpaired) electrons. The summed E-state index contributed by atoms with van der Waals surface area (Å²) in [5.41, 5.74) is 0. The van der Waals surface area contributed by atoms with Gasteiger partial charge in [0.1, 0.15) is 6.29 Å². The molecule has 0 aromatic rings. The summed E-state index contributed by atoms with van der Waals surface area (Å²) in [5, 5.41) is 10.0. The van der Waals surface area contributed by atoms with Crippen molar-refractivity contribution in [3.05, 3.63) is 0 Å². The molecule has 9 heavy (non-hydrogen) atoms. The molecule has 0 N–H and O–H groups in total. The summed E-state index contributed by atoms with van der Waals surface area (Å²) < 4.78 is 0. The summed E-state index contributed by atoms with van der Waals surface area (Å²) in [6.45, 7) is 3.00. The molecule has 0 aromatic heterocycles. The first kappa shape index (κ1) is 8.14. The number of aliphatic carboxylic acids is 1. The van der Waals surface area contributed by atoms with E-state index in [1.165, 1.54) is 6.92 Å². The fourth-order valence-corrected chi connectivity index (χ4v) is 0.333. The molecule has 2 atom stereocenters. The van der Waals surface area contributed by atoms with Crippen LogP contribution in [-0.2, 0) is 9.59 Å². The minimum Gasteiger partial charge on any atom is -0.550 e. The minimum absolute atomic E-state index is 0.449. The maximum absolute atomic E-state index is 10.0. The Morgan fingerprint density at radius 1 is 1.56 bits per heavy atom. The second-order valence-electron chi connectivity index (χ2n) is 2.10. The maximum Gasteiger partial charge on any atom is 0.123 e. The van der Waals surface area contributed by atoms with Crippen molar-refractivity contribution in [1.29, 1.82) is 0 Å². The summed E-state index contributed by atoms with van der Waals surface area (Å²) in [4.78, 5) is 20.0. The molecule has 0 aliphatic carbocycles. The van der Waals surface area contributed by atoms with Crippen molar-refractivity contribution in [3.8, 4) is 0 Å². The molecule has 0 saturated carbocycles. The summed E-state index contributed by atoms with van der Waals surface area (Å²) in [7, 11) is 0. The van der Waals surface area contributed by atoms with Crippen molar-refractivity contribution < 1.29 is 14.7 Å². The molecular formula is C6H9O3-. The maximum atomic E-state index is 10.0. The number of hydrogen-bond donors (Lipinski definition) is 0. The van der Waals surface area contributed by atoms with E-state index in [9.17, 15) is 14.7 Å². The van der Waals surface area contributed by atoms with E-state index < -0.39 is 17.8 Å². The monoisotopic (exact) mass is 129 g/mol. The van der Waals surface area contributed by atoms with Crippen LogP contribution in [0.5, 0.6) is 0 Å². The second-order valence-corrected chi connectivity index (χ2v) is 2.10. The molecule has 0 rings (SSSR count).